The van der Waals surface area contributed by atoms with Crippen molar-refractivity contribution in [2.45, 2.75) is 19.3 Å². The van der Waals surface area contributed by atoms with E-state index < -0.39 is 0 Å². The lowest BCUT2D eigenvalue weighted by Gasteiger charge is -2.29. The smallest absolute Gasteiger partial charge is 0.236 e. The quantitative estimate of drug-likeness (QED) is 0.676. The zero-order chi connectivity index (χ0) is 14.9. The van der Waals surface area contributed by atoms with Crippen molar-refractivity contribution < 1.29 is 9.53 Å². The van der Waals surface area contributed by atoms with Crippen LogP contribution in [0.3, 0.4) is 0 Å². The molecule has 2 rings (SSSR count). The van der Waals surface area contributed by atoms with Crippen molar-refractivity contribution in [3.05, 3.63) is 0 Å². The first-order chi connectivity index (χ1) is 10.3. The lowest BCUT2D eigenvalue weighted by atomic mass is 10.3. The van der Waals surface area contributed by atoms with Crippen molar-refractivity contribution in [1.29, 1.82) is 0 Å². The molecule has 6 heteroatoms. The number of amides is 1. The first-order valence-electron chi connectivity index (χ1n) is 8.30. The summed E-state index contributed by atoms with van der Waals surface area (Å²) in [6, 6.07) is 0. The molecule has 2 heterocycles. The van der Waals surface area contributed by atoms with Crippen LogP contribution in [0.2, 0.25) is 0 Å². The number of morpholine rings is 1. The summed E-state index contributed by atoms with van der Waals surface area (Å²) >= 11 is 0. The van der Waals surface area contributed by atoms with Crippen molar-refractivity contribution in [1.82, 2.24) is 14.7 Å². The van der Waals surface area contributed by atoms with E-state index in [0.29, 0.717) is 19.8 Å². The van der Waals surface area contributed by atoms with Gasteiger partial charge in [-0.3, -0.25) is 9.69 Å². The summed E-state index contributed by atoms with van der Waals surface area (Å²) in [5, 5.41) is 0. The maximum absolute atomic E-state index is 12.3. The predicted octanol–water partition coefficient (Wildman–Crippen LogP) is -0.408. The fraction of sp³-hybridized carbons (Fsp3) is 0.933. The molecule has 2 fully saturated rings. The molecule has 2 N–H and O–H groups in total. The normalized spacial score (nSPS) is 22.2. The highest BCUT2D eigenvalue weighted by Crippen LogP contribution is 2.06. The summed E-state index contributed by atoms with van der Waals surface area (Å²) in [5.41, 5.74) is 5.54. The number of nitrogens with zero attached hydrogens (tertiary/aromatic N) is 3. The number of unbranched alkanes of at least 4 members (excludes halogenated alkanes) is 1. The number of nitrogens with two attached hydrogens (primary N) is 1. The number of carbonyl (C=O) groups excluding carboxylic acids is 1. The molecule has 0 spiro atoms. The molecule has 122 valence electrons. The van der Waals surface area contributed by atoms with Crippen LogP contribution in [0.1, 0.15) is 19.3 Å². The summed E-state index contributed by atoms with van der Waals surface area (Å²) < 4.78 is 5.30. The van der Waals surface area contributed by atoms with Gasteiger partial charge >= 0.3 is 0 Å². The van der Waals surface area contributed by atoms with E-state index in [1.54, 1.807) is 0 Å². The second kappa shape index (κ2) is 9.35. The average molecular weight is 298 g/mol. The molecule has 0 unspecified atom stereocenters. The highest BCUT2D eigenvalue weighted by molar-refractivity contribution is 5.78. The number of rotatable bonds is 6. The molecular weight excluding hydrogens is 268 g/mol. The Morgan fingerprint density at radius 2 is 1.67 bits per heavy atom. The first kappa shape index (κ1) is 16.7. The molecule has 2 aliphatic heterocycles. The topological polar surface area (TPSA) is 62.0 Å². The Morgan fingerprint density at radius 3 is 2.43 bits per heavy atom. The standard InChI is InChI=1S/C15H30N4O2/c16-4-1-2-5-17-6-3-7-18(9-8-17)14-15(20)19-10-12-21-13-11-19/h1-14,16H2. The van der Waals surface area contributed by atoms with Crippen molar-refractivity contribution in [3.8, 4) is 0 Å². The molecule has 0 aromatic rings. The van der Waals surface area contributed by atoms with Gasteiger partial charge in [-0.25, -0.2) is 0 Å². The van der Waals surface area contributed by atoms with E-state index in [-0.39, 0.29) is 5.91 Å². The van der Waals surface area contributed by atoms with Gasteiger partial charge in [-0.1, -0.05) is 0 Å². The zero-order valence-electron chi connectivity index (χ0n) is 13.1. The van der Waals surface area contributed by atoms with Crippen LogP contribution >= 0.6 is 0 Å². The minimum atomic E-state index is 0.259. The maximum atomic E-state index is 12.3. The van der Waals surface area contributed by atoms with E-state index in [9.17, 15) is 4.79 Å². The van der Waals surface area contributed by atoms with E-state index >= 15 is 0 Å². The second-order valence-electron chi connectivity index (χ2n) is 5.96. The van der Waals surface area contributed by atoms with Crippen LogP contribution in [0, 0.1) is 0 Å². The third kappa shape index (κ3) is 5.90. The zero-order valence-corrected chi connectivity index (χ0v) is 13.1. The Hall–Kier alpha value is -0.690. The van der Waals surface area contributed by atoms with Crippen molar-refractivity contribution >= 4 is 5.91 Å². The Bertz CT molecular complexity index is 308. The third-order valence-corrected chi connectivity index (χ3v) is 4.33. The predicted molar refractivity (Wildman–Crippen MR) is 83.2 cm³/mol. The monoisotopic (exact) mass is 298 g/mol. The van der Waals surface area contributed by atoms with Crippen LogP contribution < -0.4 is 5.73 Å². The Labute approximate surface area is 128 Å². The number of carbonyl (C=O) groups is 1. The van der Waals surface area contributed by atoms with Crippen molar-refractivity contribution in [3.63, 3.8) is 0 Å². The molecule has 0 atom stereocenters. The van der Waals surface area contributed by atoms with E-state index in [0.717, 1.165) is 65.2 Å². The first-order valence-corrected chi connectivity index (χ1v) is 8.30. The SMILES string of the molecule is NCCCCN1CCCN(CC(=O)N2CCOCC2)CC1. The number of ether oxygens (including phenoxy) is 1. The van der Waals surface area contributed by atoms with Gasteiger partial charge in [0.2, 0.25) is 5.91 Å². The molecule has 0 aliphatic carbocycles. The largest absolute Gasteiger partial charge is 0.378 e. The van der Waals surface area contributed by atoms with Gasteiger partial charge in [0, 0.05) is 26.2 Å². The van der Waals surface area contributed by atoms with E-state index in [2.05, 4.69) is 9.80 Å². The molecule has 21 heavy (non-hydrogen) atoms. The average Bonchev–Trinajstić information content (AvgIpc) is 2.74. The molecule has 0 aromatic heterocycles. The fourth-order valence-electron chi connectivity index (χ4n) is 2.99. The van der Waals surface area contributed by atoms with Crippen LogP contribution in [-0.4, -0.2) is 92.7 Å². The van der Waals surface area contributed by atoms with Crippen LogP contribution in [0.15, 0.2) is 0 Å². The molecule has 0 radical (unpaired) electrons. The summed E-state index contributed by atoms with van der Waals surface area (Å²) in [5.74, 6) is 0.259. The van der Waals surface area contributed by atoms with Gasteiger partial charge in [0.05, 0.1) is 19.8 Å². The van der Waals surface area contributed by atoms with Gasteiger partial charge in [-0.05, 0) is 45.4 Å². The van der Waals surface area contributed by atoms with E-state index in [1.807, 2.05) is 4.90 Å². The lowest BCUT2D eigenvalue weighted by Crippen LogP contribution is -2.46. The summed E-state index contributed by atoms with van der Waals surface area (Å²) in [6.07, 6.45) is 3.44. The molecule has 6 nitrogen and oxygen atoms in total. The van der Waals surface area contributed by atoms with Crippen molar-refractivity contribution in [2.75, 3.05) is 72.1 Å². The van der Waals surface area contributed by atoms with Crippen molar-refractivity contribution in [2.24, 2.45) is 5.73 Å². The fourth-order valence-corrected chi connectivity index (χ4v) is 2.99. The second-order valence-corrected chi connectivity index (χ2v) is 5.96. The summed E-state index contributed by atoms with van der Waals surface area (Å²) in [4.78, 5) is 19.0. The number of hydrogen-bond donors (Lipinski definition) is 1. The van der Waals surface area contributed by atoms with Gasteiger partial charge in [-0.2, -0.15) is 0 Å². The van der Waals surface area contributed by atoms with E-state index in [4.69, 9.17) is 10.5 Å². The Balaban J connectivity index is 1.68. The van der Waals surface area contributed by atoms with Crippen LogP contribution in [-0.2, 0) is 9.53 Å². The van der Waals surface area contributed by atoms with Gasteiger partial charge < -0.3 is 20.3 Å². The highest BCUT2D eigenvalue weighted by atomic mass is 16.5. The van der Waals surface area contributed by atoms with Gasteiger partial charge in [0.25, 0.3) is 0 Å². The minimum absolute atomic E-state index is 0.259. The van der Waals surface area contributed by atoms with Crippen LogP contribution in [0.25, 0.3) is 0 Å². The molecular formula is C15H30N4O2. The highest BCUT2D eigenvalue weighted by Gasteiger charge is 2.21. The lowest BCUT2D eigenvalue weighted by molar-refractivity contribution is -0.136. The Morgan fingerprint density at radius 1 is 0.952 bits per heavy atom. The maximum Gasteiger partial charge on any atom is 0.236 e. The van der Waals surface area contributed by atoms with Gasteiger partial charge in [-0.15, -0.1) is 0 Å². The third-order valence-electron chi connectivity index (χ3n) is 4.33. The molecule has 0 aromatic carbocycles. The minimum Gasteiger partial charge on any atom is -0.378 e. The summed E-state index contributed by atoms with van der Waals surface area (Å²) in [6.45, 7) is 9.60. The number of hydrogen-bond acceptors (Lipinski definition) is 5. The summed E-state index contributed by atoms with van der Waals surface area (Å²) in [7, 11) is 0. The Kier molecular flexibility index (Phi) is 7.43. The van der Waals surface area contributed by atoms with Gasteiger partial charge in [0.15, 0.2) is 0 Å². The van der Waals surface area contributed by atoms with E-state index in [1.165, 1.54) is 6.42 Å². The molecule has 2 aliphatic rings. The van der Waals surface area contributed by atoms with Crippen LogP contribution in [0.5, 0.6) is 0 Å². The molecule has 0 bridgehead atoms. The molecule has 0 saturated carbocycles. The molecule has 2 saturated heterocycles. The van der Waals surface area contributed by atoms with Gasteiger partial charge in [0.1, 0.15) is 0 Å². The molecule has 1 amide bonds. The van der Waals surface area contributed by atoms with Crippen LogP contribution in [0.4, 0.5) is 0 Å².